The molecular formula is C21H23ClN2O2. The van der Waals surface area contributed by atoms with E-state index in [-0.39, 0.29) is 6.04 Å². The first-order chi connectivity index (χ1) is 12.5. The predicted molar refractivity (Wildman–Crippen MR) is 104 cm³/mol. The number of hydrogen-bond donors (Lipinski definition) is 0. The van der Waals surface area contributed by atoms with Crippen molar-refractivity contribution in [2.45, 2.75) is 44.9 Å². The standard InChI is InChI=1S/C21H23ClN2O2/c1-4-11-21(2)24-19(17-12-15(22)7-10-20(17)26-21)13-18(23-24)14-5-8-16(25-3)9-6-14/h5-10,12,19H,4,11,13H2,1-3H3/t19-,21+/m0/s1. The highest BCUT2D eigenvalue weighted by atomic mass is 35.5. The van der Waals surface area contributed by atoms with Crippen LogP contribution >= 0.6 is 11.6 Å². The van der Waals surface area contributed by atoms with E-state index < -0.39 is 5.72 Å². The quantitative estimate of drug-likeness (QED) is 0.721. The molecule has 0 radical (unpaired) electrons. The largest absolute Gasteiger partial charge is 0.497 e. The van der Waals surface area contributed by atoms with Gasteiger partial charge in [-0.05, 0) is 55.0 Å². The molecule has 4 rings (SSSR count). The molecule has 2 aromatic carbocycles. The van der Waals surface area contributed by atoms with E-state index >= 15 is 0 Å². The Labute approximate surface area is 159 Å². The van der Waals surface area contributed by atoms with Crippen molar-refractivity contribution in [1.29, 1.82) is 0 Å². The molecular weight excluding hydrogens is 348 g/mol. The normalized spacial score (nSPS) is 23.8. The summed E-state index contributed by atoms with van der Waals surface area (Å²) < 4.78 is 11.7. The van der Waals surface area contributed by atoms with Gasteiger partial charge in [-0.15, -0.1) is 0 Å². The minimum atomic E-state index is -0.450. The molecule has 0 bridgehead atoms. The van der Waals surface area contributed by atoms with Gasteiger partial charge in [-0.25, -0.2) is 5.01 Å². The summed E-state index contributed by atoms with van der Waals surface area (Å²) in [6.45, 7) is 4.30. The van der Waals surface area contributed by atoms with E-state index in [0.29, 0.717) is 0 Å². The van der Waals surface area contributed by atoms with Crippen molar-refractivity contribution in [3.05, 3.63) is 58.6 Å². The number of nitrogens with zero attached hydrogens (tertiary/aromatic N) is 2. The van der Waals surface area contributed by atoms with Crippen molar-refractivity contribution in [1.82, 2.24) is 5.01 Å². The average molecular weight is 371 g/mol. The van der Waals surface area contributed by atoms with Crippen molar-refractivity contribution in [3.63, 3.8) is 0 Å². The molecule has 2 aliphatic heterocycles. The van der Waals surface area contributed by atoms with Gasteiger partial charge < -0.3 is 9.47 Å². The number of fused-ring (bicyclic) bond motifs is 3. The number of methoxy groups -OCH3 is 1. The molecule has 0 saturated carbocycles. The molecule has 0 fully saturated rings. The maximum atomic E-state index is 6.39. The lowest BCUT2D eigenvalue weighted by molar-refractivity contribution is -0.111. The third-order valence-electron chi connectivity index (χ3n) is 5.19. The third-order valence-corrected chi connectivity index (χ3v) is 5.43. The van der Waals surface area contributed by atoms with E-state index in [1.54, 1.807) is 7.11 Å². The average Bonchev–Trinajstić information content (AvgIpc) is 3.10. The van der Waals surface area contributed by atoms with Crippen molar-refractivity contribution in [3.8, 4) is 11.5 Å². The summed E-state index contributed by atoms with van der Waals surface area (Å²) in [5.74, 6) is 1.76. The monoisotopic (exact) mass is 370 g/mol. The topological polar surface area (TPSA) is 34.1 Å². The fourth-order valence-electron chi connectivity index (χ4n) is 3.93. The molecule has 136 valence electrons. The number of hydrazone groups is 1. The summed E-state index contributed by atoms with van der Waals surface area (Å²) >= 11 is 6.26. The highest BCUT2D eigenvalue weighted by molar-refractivity contribution is 6.30. The summed E-state index contributed by atoms with van der Waals surface area (Å²) in [4.78, 5) is 0. The fraction of sp³-hybridized carbons (Fsp3) is 0.381. The van der Waals surface area contributed by atoms with Crippen LogP contribution in [-0.2, 0) is 0 Å². The lowest BCUT2D eigenvalue weighted by Crippen LogP contribution is -2.51. The zero-order chi connectivity index (χ0) is 18.3. The molecule has 0 amide bonds. The van der Waals surface area contributed by atoms with Crippen LogP contribution in [-0.4, -0.2) is 23.6 Å². The maximum absolute atomic E-state index is 6.39. The highest BCUT2D eigenvalue weighted by Gasteiger charge is 2.47. The molecule has 0 aromatic heterocycles. The second-order valence-corrected chi connectivity index (χ2v) is 7.49. The van der Waals surface area contributed by atoms with Crippen LogP contribution < -0.4 is 9.47 Å². The summed E-state index contributed by atoms with van der Waals surface area (Å²) in [7, 11) is 1.68. The first kappa shape index (κ1) is 17.2. The van der Waals surface area contributed by atoms with E-state index in [0.717, 1.165) is 52.6 Å². The Kier molecular flexibility index (Phi) is 4.31. The molecule has 0 saturated heterocycles. The lowest BCUT2D eigenvalue weighted by Gasteiger charge is -2.45. The van der Waals surface area contributed by atoms with Crippen LogP contribution in [0.25, 0.3) is 0 Å². The molecule has 26 heavy (non-hydrogen) atoms. The molecule has 2 aromatic rings. The van der Waals surface area contributed by atoms with Gasteiger partial charge in [0.05, 0.1) is 18.9 Å². The molecule has 5 heteroatoms. The first-order valence-corrected chi connectivity index (χ1v) is 9.41. The number of halogens is 1. The molecule has 0 aliphatic carbocycles. The zero-order valence-electron chi connectivity index (χ0n) is 15.3. The Hall–Kier alpha value is -2.20. The SMILES string of the molecule is CCC[C@@]1(C)Oc2ccc(Cl)cc2[C@@H]2CC(c3ccc(OC)cc3)=NN21. The number of hydrogen-bond acceptors (Lipinski definition) is 4. The Balaban J connectivity index is 1.75. The molecule has 0 spiro atoms. The Bertz CT molecular complexity index is 850. The van der Waals surface area contributed by atoms with Crippen molar-refractivity contribution >= 4 is 17.3 Å². The van der Waals surface area contributed by atoms with Crippen LogP contribution in [0.1, 0.15) is 50.3 Å². The second-order valence-electron chi connectivity index (χ2n) is 7.05. The molecule has 0 unspecified atom stereocenters. The van der Waals surface area contributed by atoms with Crippen molar-refractivity contribution < 1.29 is 9.47 Å². The van der Waals surface area contributed by atoms with Gasteiger partial charge >= 0.3 is 0 Å². The molecule has 4 nitrogen and oxygen atoms in total. The van der Waals surface area contributed by atoms with Crippen molar-refractivity contribution in [2.24, 2.45) is 5.10 Å². The maximum Gasteiger partial charge on any atom is 0.195 e. The predicted octanol–water partition coefficient (Wildman–Crippen LogP) is 5.41. The van der Waals surface area contributed by atoms with Crippen LogP contribution in [0.15, 0.2) is 47.6 Å². The molecule has 2 aliphatic rings. The second kappa shape index (κ2) is 6.51. The van der Waals surface area contributed by atoms with Gasteiger partial charge in [0, 0.05) is 23.4 Å². The Morgan fingerprint density at radius 3 is 2.73 bits per heavy atom. The van der Waals surface area contributed by atoms with Gasteiger partial charge in [0.15, 0.2) is 5.72 Å². The van der Waals surface area contributed by atoms with Gasteiger partial charge in [0.2, 0.25) is 0 Å². The van der Waals surface area contributed by atoms with E-state index in [1.165, 1.54) is 0 Å². The first-order valence-electron chi connectivity index (χ1n) is 9.04. The lowest BCUT2D eigenvalue weighted by atomic mass is 9.94. The van der Waals surface area contributed by atoms with Gasteiger partial charge in [-0.1, -0.05) is 24.9 Å². The molecule has 0 N–H and O–H groups in total. The number of ether oxygens (including phenoxy) is 2. The highest BCUT2D eigenvalue weighted by Crippen LogP contribution is 2.48. The summed E-state index contributed by atoms with van der Waals surface area (Å²) in [5.41, 5.74) is 2.84. The summed E-state index contributed by atoms with van der Waals surface area (Å²) in [5, 5.41) is 7.84. The van der Waals surface area contributed by atoms with E-state index in [4.69, 9.17) is 26.2 Å². The minimum Gasteiger partial charge on any atom is -0.497 e. The van der Waals surface area contributed by atoms with Gasteiger partial charge in [0.1, 0.15) is 11.5 Å². The van der Waals surface area contributed by atoms with E-state index in [1.807, 2.05) is 30.3 Å². The van der Waals surface area contributed by atoms with Crippen LogP contribution in [0.5, 0.6) is 11.5 Å². The molecule has 2 atom stereocenters. The third kappa shape index (κ3) is 2.82. The zero-order valence-corrected chi connectivity index (χ0v) is 16.1. The van der Waals surface area contributed by atoms with Crippen LogP contribution in [0, 0.1) is 0 Å². The number of benzene rings is 2. The van der Waals surface area contributed by atoms with Crippen LogP contribution in [0.2, 0.25) is 5.02 Å². The molecule has 2 heterocycles. The Morgan fingerprint density at radius 1 is 1.27 bits per heavy atom. The minimum absolute atomic E-state index is 0.145. The van der Waals surface area contributed by atoms with Gasteiger partial charge in [-0.2, -0.15) is 5.10 Å². The van der Waals surface area contributed by atoms with Gasteiger partial charge in [0.25, 0.3) is 0 Å². The van der Waals surface area contributed by atoms with E-state index in [9.17, 15) is 0 Å². The summed E-state index contributed by atoms with van der Waals surface area (Å²) in [6, 6.07) is 14.1. The smallest absolute Gasteiger partial charge is 0.195 e. The van der Waals surface area contributed by atoms with Gasteiger partial charge in [-0.3, -0.25) is 0 Å². The number of rotatable bonds is 4. The van der Waals surface area contributed by atoms with Crippen LogP contribution in [0.4, 0.5) is 0 Å². The van der Waals surface area contributed by atoms with Crippen molar-refractivity contribution in [2.75, 3.05) is 7.11 Å². The fourth-order valence-corrected chi connectivity index (χ4v) is 4.11. The summed E-state index contributed by atoms with van der Waals surface area (Å²) in [6.07, 6.45) is 2.77. The van der Waals surface area contributed by atoms with Crippen LogP contribution in [0.3, 0.4) is 0 Å². The van der Waals surface area contributed by atoms with E-state index in [2.05, 4.69) is 31.0 Å². The Morgan fingerprint density at radius 2 is 2.04 bits per heavy atom.